The summed E-state index contributed by atoms with van der Waals surface area (Å²) in [4.78, 5) is 23.2. The highest BCUT2D eigenvalue weighted by atomic mass is 16.6. The second kappa shape index (κ2) is 8.34. The molecule has 7 heteroatoms. The van der Waals surface area contributed by atoms with E-state index in [9.17, 15) is 4.79 Å². The number of likely N-dealkylation sites (tertiary alicyclic amines) is 1. The summed E-state index contributed by atoms with van der Waals surface area (Å²) < 4.78 is 13.4. The molecule has 0 aromatic carbocycles. The Balaban J connectivity index is 1.36. The number of pyridine rings is 2. The molecule has 0 spiro atoms. The summed E-state index contributed by atoms with van der Waals surface area (Å²) in [5.74, 6) is 0.915. The highest BCUT2D eigenvalue weighted by molar-refractivity contribution is 5.68. The second-order valence-corrected chi connectivity index (χ2v) is 8.62. The van der Waals surface area contributed by atoms with Crippen molar-refractivity contribution < 1.29 is 14.3 Å². The average molecular weight is 409 g/mol. The summed E-state index contributed by atoms with van der Waals surface area (Å²) in [6.07, 6.45) is 7.16. The Morgan fingerprint density at radius 3 is 2.70 bits per heavy atom. The Hall–Kier alpha value is -3.09. The minimum absolute atomic E-state index is 0.237. The summed E-state index contributed by atoms with van der Waals surface area (Å²) >= 11 is 0. The maximum atomic E-state index is 12.3. The molecule has 4 heterocycles. The molecule has 0 atom stereocenters. The van der Waals surface area contributed by atoms with Gasteiger partial charge in [0, 0.05) is 54.9 Å². The minimum atomic E-state index is -0.470. The van der Waals surface area contributed by atoms with Crippen LogP contribution in [0.5, 0.6) is 5.88 Å². The molecule has 158 valence electrons. The number of fused-ring (bicyclic) bond motifs is 1. The van der Waals surface area contributed by atoms with E-state index in [1.165, 1.54) is 0 Å². The van der Waals surface area contributed by atoms with Gasteiger partial charge in [0.1, 0.15) is 17.9 Å². The molecule has 3 aromatic rings. The number of amides is 1. The van der Waals surface area contributed by atoms with Crippen molar-refractivity contribution in [2.75, 3.05) is 13.1 Å². The maximum Gasteiger partial charge on any atom is 0.410 e. The van der Waals surface area contributed by atoms with Crippen LogP contribution in [0.15, 0.2) is 48.9 Å². The number of carbonyl (C=O) groups is 1. The van der Waals surface area contributed by atoms with Gasteiger partial charge in [0.15, 0.2) is 0 Å². The molecular weight excluding hydrogens is 380 g/mol. The van der Waals surface area contributed by atoms with Crippen molar-refractivity contribution in [2.24, 2.45) is 0 Å². The number of hydrogen-bond acceptors (Lipinski definition) is 5. The Morgan fingerprint density at radius 2 is 1.93 bits per heavy atom. The van der Waals surface area contributed by atoms with Crippen LogP contribution in [0.4, 0.5) is 4.79 Å². The number of aromatic nitrogens is 3. The maximum absolute atomic E-state index is 12.3. The fourth-order valence-electron chi connectivity index (χ4n) is 3.70. The van der Waals surface area contributed by atoms with Crippen LogP contribution in [-0.4, -0.2) is 44.1 Å². The largest absolute Gasteiger partial charge is 0.473 e. The van der Waals surface area contributed by atoms with Crippen molar-refractivity contribution in [2.45, 2.75) is 51.7 Å². The fraction of sp³-hybridized carbons (Fsp3) is 0.435. The standard InChI is InChI=1S/C23H28N4O3/c1-23(2,3)30-22(28)27-13-9-17(10-14-27)19-7-4-8-20(25-19)29-16-18-6-5-12-26-15-11-24-21(18)26/h4-8,11-12,15,17H,9-10,13-14,16H2,1-3H3. The predicted octanol–water partition coefficient (Wildman–Crippen LogP) is 4.42. The first-order valence-electron chi connectivity index (χ1n) is 10.4. The summed E-state index contributed by atoms with van der Waals surface area (Å²) in [5.41, 5.74) is 2.45. The van der Waals surface area contributed by atoms with E-state index >= 15 is 0 Å². The predicted molar refractivity (Wildman–Crippen MR) is 114 cm³/mol. The number of rotatable bonds is 4. The molecule has 1 saturated heterocycles. The minimum Gasteiger partial charge on any atom is -0.473 e. The van der Waals surface area contributed by atoms with Crippen LogP contribution < -0.4 is 4.74 Å². The van der Waals surface area contributed by atoms with E-state index in [2.05, 4.69) is 4.98 Å². The molecule has 7 nitrogen and oxygen atoms in total. The number of piperidine rings is 1. The van der Waals surface area contributed by atoms with Gasteiger partial charge in [0.2, 0.25) is 5.88 Å². The van der Waals surface area contributed by atoms with Crippen molar-refractivity contribution in [3.8, 4) is 5.88 Å². The lowest BCUT2D eigenvalue weighted by Gasteiger charge is -2.33. The van der Waals surface area contributed by atoms with Crippen LogP contribution in [-0.2, 0) is 11.3 Å². The van der Waals surface area contributed by atoms with E-state index < -0.39 is 5.60 Å². The Labute approximate surface area is 176 Å². The first kappa shape index (κ1) is 20.2. The van der Waals surface area contributed by atoms with Crippen molar-refractivity contribution in [1.29, 1.82) is 0 Å². The highest BCUT2D eigenvalue weighted by Crippen LogP contribution is 2.28. The molecule has 1 aliphatic heterocycles. The lowest BCUT2D eigenvalue weighted by molar-refractivity contribution is 0.0204. The van der Waals surface area contributed by atoms with Crippen LogP contribution in [0, 0.1) is 0 Å². The molecule has 3 aromatic heterocycles. The molecule has 1 amide bonds. The van der Waals surface area contributed by atoms with E-state index in [-0.39, 0.29) is 6.09 Å². The van der Waals surface area contributed by atoms with Gasteiger partial charge in [-0.05, 0) is 45.7 Å². The zero-order chi connectivity index (χ0) is 21.1. The summed E-state index contributed by atoms with van der Waals surface area (Å²) in [5, 5.41) is 0. The van der Waals surface area contributed by atoms with Crippen molar-refractivity contribution in [1.82, 2.24) is 19.3 Å². The zero-order valence-electron chi connectivity index (χ0n) is 17.7. The quantitative estimate of drug-likeness (QED) is 0.639. The van der Waals surface area contributed by atoms with Gasteiger partial charge in [-0.15, -0.1) is 0 Å². The third-order valence-corrected chi connectivity index (χ3v) is 5.19. The van der Waals surface area contributed by atoms with E-state index in [0.717, 1.165) is 29.7 Å². The monoisotopic (exact) mass is 408 g/mol. The molecule has 0 aliphatic carbocycles. The number of nitrogens with zero attached hydrogens (tertiary/aromatic N) is 4. The van der Waals surface area contributed by atoms with Crippen molar-refractivity contribution in [3.63, 3.8) is 0 Å². The first-order chi connectivity index (χ1) is 14.4. The SMILES string of the molecule is CC(C)(C)OC(=O)N1CCC(c2cccc(OCc3cccn4ccnc34)n2)CC1. The van der Waals surface area contributed by atoms with Crippen molar-refractivity contribution >= 4 is 11.7 Å². The van der Waals surface area contributed by atoms with E-state index in [4.69, 9.17) is 14.5 Å². The van der Waals surface area contributed by atoms with Crippen LogP contribution in [0.3, 0.4) is 0 Å². The van der Waals surface area contributed by atoms with Gasteiger partial charge in [0.05, 0.1) is 0 Å². The van der Waals surface area contributed by atoms with Gasteiger partial charge >= 0.3 is 6.09 Å². The molecule has 0 radical (unpaired) electrons. The molecular formula is C23H28N4O3. The number of ether oxygens (including phenoxy) is 2. The van der Waals surface area contributed by atoms with Gasteiger partial charge in [-0.2, -0.15) is 0 Å². The lowest BCUT2D eigenvalue weighted by Crippen LogP contribution is -2.41. The molecule has 0 saturated carbocycles. The molecule has 0 unspecified atom stereocenters. The Morgan fingerprint density at radius 1 is 1.13 bits per heavy atom. The zero-order valence-corrected chi connectivity index (χ0v) is 17.7. The lowest BCUT2D eigenvalue weighted by atomic mass is 9.93. The van der Waals surface area contributed by atoms with Crippen LogP contribution in [0.25, 0.3) is 5.65 Å². The average Bonchev–Trinajstić information content (AvgIpc) is 3.21. The summed E-state index contributed by atoms with van der Waals surface area (Å²) in [6.45, 7) is 7.43. The fourth-order valence-corrected chi connectivity index (χ4v) is 3.70. The first-order valence-corrected chi connectivity index (χ1v) is 10.4. The van der Waals surface area contributed by atoms with Crippen molar-refractivity contribution in [3.05, 3.63) is 60.2 Å². The number of carbonyl (C=O) groups excluding carboxylic acids is 1. The molecule has 1 fully saturated rings. The third kappa shape index (κ3) is 4.72. The summed E-state index contributed by atoms with van der Waals surface area (Å²) in [7, 11) is 0. The molecule has 30 heavy (non-hydrogen) atoms. The molecule has 0 bridgehead atoms. The van der Waals surface area contributed by atoms with Gasteiger partial charge in [-0.1, -0.05) is 12.1 Å². The van der Waals surface area contributed by atoms with E-state index in [1.54, 1.807) is 11.1 Å². The van der Waals surface area contributed by atoms with Gasteiger partial charge in [-0.3, -0.25) is 0 Å². The molecule has 1 aliphatic rings. The highest BCUT2D eigenvalue weighted by Gasteiger charge is 2.28. The van der Waals surface area contributed by atoms with Crippen LogP contribution in [0.1, 0.15) is 50.8 Å². The van der Waals surface area contributed by atoms with E-state index in [0.29, 0.717) is 31.5 Å². The van der Waals surface area contributed by atoms with Crippen LogP contribution in [0.2, 0.25) is 0 Å². The molecule has 4 rings (SSSR count). The number of hydrogen-bond donors (Lipinski definition) is 0. The third-order valence-electron chi connectivity index (χ3n) is 5.19. The van der Waals surface area contributed by atoms with Gasteiger partial charge < -0.3 is 18.8 Å². The second-order valence-electron chi connectivity index (χ2n) is 8.62. The normalized spacial score (nSPS) is 15.4. The summed E-state index contributed by atoms with van der Waals surface area (Å²) in [6, 6.07) is 9.89. The van der Waals surface area contributed by atoms with E-state index in [1.807, 2.05) is 67.9 Å². The topological polar surface area (TPSA) is 69.0 Å². The Kier molecular flexibility index (Phi) is 5.61. The Bertz CT molecular complexity index is 1020. The van der Waals surface area contributed by atoms with Crippen LogP contribution >= 0.6 is 0 Å². The smallest absolute Gasteiger partial charge is 0.410 e. The number of imidazole rings is 1. The van der Waals surface area contributed by atoms with Gasteiger partial charge in [0.25, 0.3) is 0 Å². The molecule has 0 N–H and O–H groups in total. The van der Waals surface area contributed by atoms with Gasteiger partial charge in [-0.25, -0.2) is 14.8 Å².